The number of para-hydroxylation sites is 2. The van der Waals surface area contributed by atoms with Crippen molar-refractivity contribution >= 4 is 108 Å². The largest absolute Gasteiger partial charge is 0.309 e. The van der Waals surface area contributed by atoms with Crippen LogP contribution in [-0.2, 0) is 0 Å². The third-order valence-corrected chi connectivity index (χ3v) is 22.0. The van der Waals surface area contributed by atoms with Crippen LogP contribution in [0.3, 0.4) is 0 Å². The molecule has 512 valence electrons. The van der Waals surface area contributed by atoms with Crippen LogP contribution < -0.4 is 0 Å². The van der Waals surface area contributed by atoms with Gasteiger partial charge in [-0.05, 0) is 196 Å². The number of fused-ring (bicyclic) bond motifs is 16. The zero-order valence-corrected chi connectivity index (χ0v) is 59.8. The Morgan fingerprint density at radius 3 is 1.00 bits per heavy atom. The fourth-order valence-corrected chi connectivity index (χ4v) is 16.7. The Morgan fingerprint density at radius 2 is 0.500 bits per heavy atom. The molecule has 18 aromatic carbocycles. The van der Waals surface area contributed by atoms with E-state index in [0.29, 0.717) is 11.6 Å². The molecule has 6 nitrogen and oxygen atoms in total. The minimum atomic E-state index is 0.703. The first-order valence-corrected chi connectivity index (χ1v) is 37.5. The second-order valence-electron chi connectivity index (χ2n) is 28.4. The second kappa shape index (κ2) is 26.7. The average molecular weight is 1400 g/mol. The first-order chi connectivity index (χ1) is 54.5. The van der Waals surface area contributed by atoms with Crippen molar-refractivity contribution in [1.82, 2.24) is 29.1 Å². The van der Waals surface area contributed by atoms with E-state index in [-0.39, 0.29) is 0 Å². The van der Waals surface area contributed by atoms with Gasteiger partial charge in [0.1, 0.15) is 0 Å². The Kier molecular flexibility index (Phi) is 15.5. The summed E-state index contributed by atoms with van der Waals surface area (Å²) in [6.45, 7) is 0. The number of aromatic nitrogens is 6. The number of benzene rings is 18. The van der Waals surface area contributed by atoms with Gasteiger partial charge in [0.05, 0.1) is 44.8 Å². The van der Waals surface area contributed by atoms with Crippen molar-refractivity contribution in [2.45, 2.75) is 0 Å². The molecule has 0 saturated carbocycles. The Labute approximate surface area is 635 Å². The lowest BCUT2D eigenvalue weighted by Crippen LogP contribution is -1.97. The van der Waals surface area contributed by atoms with Gasteiger partial charge in [-0.1, -0.05) is 291 Å². The molecule has 22 rings (SSSR count). The molecule has 4 heterocycles. The molecule has 0 amide bonds. The van der Waals surface area contributed by atoms with E-state index in [1.54, 1.807) is 0 Å². The normalized spacial score (nSPS) is 11.6. The molecule has 0 aliphatic carbocycles. The number of rotatable bonds is 10. The molecule has 0 atom stereocenters. The van der Waals surface area contributed by atoms with Gasteiger partial charge in [-0.15, -0.1) is 0 Å². The fourth-order valence-electron chi connectivity index (χ4n) is 16.7. The van der Waals surface area contributed by atoms with E-state index in [0.717, 1.165) is 67.5 Å². The fraction of sp³-hybridized carbons (Fsp3) is 0. The van der Waals surface area contributed by atoms with Crippen LogP contribution in [0.4, 0.5) is 0 Å². The summed E-state index contributed by atoms with van der Waals surface area (Å²) in [7, 11) is 0. The first-order valence-electron chi connectivity index (χ1n) is 37.5. The Bertz CT molecular complexity index is 7240. The Balaban J connectivity index is 0.000000140. The predicted molar refractivity (Wildman–Crippen MR) is 461 cm³/mol. The summed E-state index contributed by atoms with van der Waals surface area (Å²) in [5, 5.41) is 20.1. The van der Waals surface area contributed by atoms with E-state index < -0.39 is 0 Å². The SMILES string of the molecule is c1ccc(-c2cc(-c3ccccc3)nc(-c3ccc(-n4c5ccccc5c5c6cc(-c7ccc8ccc9ccccc9c8c7)ccc6ccc54)cc3)n2)cc1.c1ccc(-c2cc(-c3ccccc3)nc(-c3ccc(-n4c5ccccc5c5c6ccc(-c7cc8ccccc8c8ccccc78)cc6ccc54)cc3)n2)cc1. The van der Waals surface area contributed by atoms with Crippen molar-refractivity contribution in [3.63, 3.8) is 0 Å². The van der Waals surface area contributed by atoms with Crippen LogP contribution in [0.2, 0.25) is 0 Å². The lowest BCUT2D eigenvalue weighted by atomic mass is 9.92. The summed E-state index contributed by atoms with van der Waals surface area (Å²) in [5.41, 5.74) is 21.6. The summed E-state index contributed by atoms with van der Waals surface area (Å²) < 4.78 is 4.77. The molecule has 22 aromatic rings. The lowest BCUT2D eigenvalue weighted by Gasteiger charge is -2.13. The van der Waals surface area contributed by atoms with Crippen LogP contribution >= 0.6 is 0 Å². The molecule has 0 aliphatic rings. The van der Waals surface area contributed by atoms with Crippen molar-refractivity contribution in [2.24, 2.45) is 0 Å². The highest BCUT2D eigenvalue weighted by Crippen LogP contribution is 2.44. The molecule has 4 aromatic heterocycles. The second-order valence-corrected chi connectivity index (χ2v) is 28.4. The van der Waals surface area contributed by atoms with Gasteiger partial charge in [-0.25, -0.2) is 19.9 Å². The molecule has 0 bridgehead atoms. The number of nitrogens with zero attached hydrogens (tertiary/aromatic N) is 6. The van der Waals surface area contributed by atoms with Gasteiger partial charge in [0, 0.05) is 66.3 Å². The zero-order valence-electron chi connectivity index (χ0n) is 59.8. The van der Waals surface area contributed by atoms with Gasteiger partial charge in [0.2, 0.25) is 0 Å². The topological polar surface area (TPSA) is 61.4 Å². The molecule has 0 unspecified atom stereocenters. The lowest BCUT2D eigenvalue weighted by molar-refractivity contribution is 1.16. The molecule has 0 radical (unpaired) electrons. The minimum absolute atomic E-state index is 0.703. The smallest absolute Gasteiger partial charge is 0.160 e. The van der Waals surface area contributed by atoms with E-state index in [1.165, 1.54) is 131 Å². The molecular formula is C104H66N6. The number of hydrogen-bond donors (Lipinski definition) is 0. The Morgan fingerprint density at radius 1 is 0.164 bits per heavy atom. The number of hydrogen-bond acceptors (Lipinski definition) is 4. The van der Waals surface area contributed by atoms with Gasteiger partial charge in [-0.2, -0.15) is 0 Å². The average Bonchev–Trinajstić information content (AvgIpc) is 1.55. The predicted octanol–water partition coefficient (Wildman–Crippen LogP) is 27.4. The minimum Gasteiger partial charge on any atom is -0.309 e. The quantitative estimate of drug-likeness (QED) is 0.128. The summed E-state index contributed by atoms with van der Waals surface area (Å²) >= 11 is 0. The summed E-state index contributed by atoms with van der Waals surface area (Å²) in [6, 6.07) is 143. The van der Waals surface area contributed by atoms with Gasteiger partial charge < -0.3 is 9.13 Å². The van der Waals surface area contributed by atoms with Crippen molar-refractivity contribution in [2.75, 3.05) is 0 Å². The highest BCUT2D eigenvalue weighted by molar-refractivity contribution is 6.24. The van der Waals surface area contributed by atoms with Crippen LogP contribution in [0.5, 0.6) is 0 Å². The monoisotopic (exact) mass is 1400 g/mol. The molecule has 0 spiro atoms. The molecule has 0 aliphatic heterocycles. The van der Waals surface area contributed by atoms with E-state index in [2.05, 4.69) is 385 Å². The van der Waals surface area contributed by atoms with Crippen molar-refractivity contribution in [3.8, 4) is 101 Å². The van der Waals surface area contributed by atoms with E-state index in [9.17, 15) is 0 Å². The summed E-state index contributed by atoms with van der Waals surface area (Å²) in [4.78, 5) is 20.3. The van der Waals surface area contributed by atoms with Crippen molar-refractivity contribution < 1.29 is 0 Å². The van der Waals surface area contributed by atoms with Gasteiger partial charge >= 0.3 is 0 Å². The van der Waals surface area contributed by atoms with Crippen LogP contribution in [0.25, 0.3) is 210 Å². The van der Waals surface area contributed by atoms with E-state index in [1.807, 2.05) is 24.3 Å². The molecular weight excluding hydrogens is 1330 g/mol. The molecule has 6 heteroatoms. The molecule has 0 saturated heterocycles. The van der Waals surface area contributed by atoms with Crippen LogP contribution in [0.15, 0.2) is 400 Å². The van der Waals surface area contributed by atoms with E-state index in [4.69, 9.17) is 19.9 Å². The zero-order chi connectivity index (χ0) is 72.6. The third kappa shape index (κ3) is 11.2. The standard InChI is InChI=1S/2C52H33N3/c1-3-13-34(14-4-1)47-33-48(35-15-5-2-6-16-35)54-52(53-47)36-23-27-40(28-24-36)55-49-22-12-11-21-45(49)51-42-29-25-39(31-38(42)26-30-50(51)55)46-32-37-17-7-8-18-41(37)43-19-9-10-20-44(43)46;1-3-12-37(13-4-1)47-33-48(38-14-5-2-6-15-38)54-52(53-47)39-25-28-42(29-26-39)55-49-18-10-9-17-44(49)51-46-32-41(24-22-36(46)27-30-50(51)55)40-23-21-35-20-19-34-11-7-8-16-43(34)45(35)31-40/h2*1-33H. The van der Waals surface area contributed by atoms with E-state index >= 15 is 0 Å². The van der Waals surface area contributed by atoms with Crippen LogP contribution in [-0.4, -0.2) is 29.1 Å². The van der Waals surface area contributed by atoms with Crippen LogP contribution in [0, 0.1) is 0 Å². The Hall–Kier alpha value is -14.7. The maximum atomic E-state index is 5.07. The van der Waals surface area contributed by atoms with Crippen molar-refractivity contribution in [1.29, 1.82) is 0 Å². The van der Waals surface area contributed by atoms with Crippen LogP contribution in [0.1, 0.15) is 0 Å². The molecule has 110 heavy (non-hydrogen) atoms. The maximum Gasteiger partial charge on any atom is 0.160 e. The molecule has 0 fully saturated rings. The van der Waals surface area contributed by atoms with Crippen molar-refractivity contribution in [3.05, 3.63) is 400 Å². The summed E-state index contributed by atoms with van der Waals surface area (Å²) in [5.74, 6) is 1.41. The summed E-state index contributed by atoms with van der Waals surface area (Å²) in [6.07, 6.45) is 0. The van der Waals surface area contributed by atoms with Gasteiger partial charge in [0.25, 0.3) is 0 Å². The highest BCUT2D eigenvalue weighted by atomic mass is 15.0. The first kappa shape index (κ1) is 63.7. The maximum absolute atomic E-state index is 5.07. The molecule has 0 N–H and O–H groups in total. The third-order valence-electron chi connectivity index (χ3n) is 22.0. The van der Waals surface area contributed by atoms with Gasteiger partial charge in [-0.3, -0.25) is 0 Å². The van der Waals surface area contributed by atoms with Gasteiger partial charge in [0.15, 0.2) is 11.6 Å². The highest BCUT2D eigenvalue weighted by Gasteiger charge is 2.21.